The first kappa shape index (κ1) is 14.8. The summed E-state index contributed by atoms with van der Waals surface area (Å²) in [5.41, 5.74) is 6.46. The van der Waals surface area contributed by atoms with Gasteiger partial charge in [-0.3, -0.25) is 9.69 Å². The van der Waals surface area contributed by atoms with E-state index in [1.807, 2.05) is 10.3 Å². The van der Waals surface area contributed by atoms with Gasteiger partial charge in [0, 0.05) is 32.8 Å². The Hall–Kier alpha value is -1.11. The van der Waals surface area contributed by atoms with Crippen molar-refractivity contribution in [3.05, 3.63) is 16.3 Å². The molecule has 1 aromatic heterocycles. The van der Waals surface area contributed by atoms with E-state index in [2.05, 4.69) is 4.90 Å². The van der Waals surface area contributed by atoms with Gasteiger partial charge in [-0.25, -0.2) is 0 Å². The van der Waals surface area contributed by atoms with Gasteiger partial charge in [-0.1, -0.05) is 0 Å². The van der Waals surface area contributed by atoms with Crippen LogP contribution in [-0.4, -0.2) is 61.1 Å². The highest BCUT2D eigenvalue weighted by Crippen LogP contribution is 2.22. The first-order chi connectivity index (χ1) is 10.2. The SMILES string of the molecule is Nc1ccsc1C(=O)N1CCCN(CC2CCCO2)CC1. The Morgan fingerprint density at radius 2 is 2.24 bits per heavy atom. The van der Waals surface area contributed by atoms with E-state index in [4.69, 9.17) is 10.5 Å². The maximum Gasteiger partial charge on any atom is 0.266 e. The molecular formula is C15H23N3O2S. The zero-order valence-corrected chi connectivity index (χ0v) is 13.1. The fourth-order valence-electron chi connectivity index (χ4n) is 3.07. The molecule has 2 fully saturated rings. The number of nitrogens with two attached hydrogens (primary N) is 1. The predicted octanol–water partition coefficient (Wildman–Crippen LogP) is 1.66. The molecule has 2 aliphatic heterocycles. The molecule has 6 heteroatoms. The van der Waals surface area contributed by atoms with Crippen molar-refractivity contribution in [1.82, 2.24) is 9.80 Å². The van der Waals surface area contributed by atoms with Crippen molar-refractivity contribution in [2.24, 2.45) is 0 Å². The first-order valence-corrected chi connectivity index (χ1v) is 8.58. The van der Waals surface area contributed by atoms with Gasteiger partial charge in [-0.15, -0.1) is 11.3 Å². The van der Waals surface area contributed by atoms with Crippen LogP contribution in [-0.2, 0) is 4.74 Å². The Labute approximate surface area is 129 Å². The fourth-order valence-corrected chi connectivity index (χ4v) is 3.85. The summed E-state index contributed by atoms with van der Waals surface area (Å²) >= 11 is 1.44. The van der Waals surface area contributed by atoms with Crippen molar-refractivity contribution in [3.8, 4) is 0 Å². The molecular weight excluding hydrogens is 286 g/mol. The van der Waals surface area contributed by atoms with E-state index in [9.17, 15) is 4.79 Å². The first-order valence-electron chi connectivity index (χ1n) is 7.70. The average Bonchev–Trinajstić information content (AvgIpc) is 3.07. The highest BCUT2D eigenvalue weighted by Gasteiger charge is 2.25. The van der Waals surface area contributed by atoms with Crippen LogP contribution < -0.4 is 5.73 Å². The molecule has 1 unspecified atom stereocenters. The van der Waals surface area contributed by atoms with E-state index < -0.39 is 0 Å². The Kier molecular flexibility index (Phi) is 4.77. The van der Waals surface area contributed by atoms with Crippen LogP contribution in [0.4, 0.5) is 5.69 Å². The van der Waals surface area contributed by atoms with E-state index in [0.29, 0.717) is 16.7 Å². The summed E-state index contributed by atoms with van der Waals surface area (Å²) in [4.78, 5) is 17.6. The number of carbonyl (C=O) groups excluding carboxylic acids is 1. The average molecular weight is 309 g/mol. The molecule has 0 aromatic carbocycles. The predicted molar refractivity (Wildman–Crippen MR) is 84.7 cm³/mol. The molecule has 2 saturated heterocycles. The number of amides is 1. The number of ether oxygens (including phenoxy) is 1. The number of carbonyl (C=O) groups is 1. The summed E-state index contributed by atoms with van der Waals surface area (Å²) in [6, 6.07) is 1.81. The van der Waals surface area contributed by atoms with Gasteiger partial charge < -0.3 is 15.4 Å². The minimum atomic E-state index is 0.0847. The van der Waals surface area contributed by atoms with Gasteiger partial charge in [0.2, 0.25) is 0 Å². The maximum absolute atomic E-state index is 12.5. The van der Waals surface area contributed by atoms with E-state index >= 15 is 0 Å². The summed E-state index contributed by atoms with van der Waals surface area (Å²) < 4.78 is 5.71. The summed E-state index contributed by atoms with van der Waals surface area (Å²) in [5, 5.41) is 1.88. The van der Waals surface area contributed by atoms with Crippen molar-refractivity contribution in [3.63, 3.8) is 0 Å². The number of nitrogen functional groups attached to an aromatic ring is 1. The molecule has 2 aliphatic rings. The standard InChI is InChI=1S/C15H23N3O2S/c16-13-4-10-21-14(13)15(19)18-6-2-5-17(7-8-18)11-12-3-1-9-20-12/h4,10,12H,1-3,5-9,11,16H2. The molecule has 0 saturated carbocycles. The Bertz CT molecular complexity index is 485. The van der Waals surface area contributed by atoms with Crippen LogP contribution >= 0.6 is 11.3 Å². The van der Waals surface area contributed by atoms with E-state index in [-0.39, 0.29) is 5.91 Å². The molecule has 5 nitrogen and oxygen atoms in total. The number of thiophene rings is 1. The molecule has 116 valence electrons. The number of anilines is 1. The molecule has 0 aliphatic carbocycles. The molecule has 0 bridgehead atoms. The lowest BCUT2D eigenvalue weighted by Crippen LogP contribution is -2.37. The zero-order valence-electron chi connectivity index (χ0n) is 12.3. The van der Waals surface area contributed by atoms with E-state index in [1.54, 1.807) is 6.07 Å². The zero-order chi connectivity index (χ0) is 14.7. The highest BCUT2D eigenvalue weighted by atomic mass is 32.1. The van der Waals surface area contributed by atoms with Gasteiger partial charge in [-0.05, 0) is 37.3 Å². The van der Waals surface area contributed by atoms with E-state index in [1.165, 1.54) is 24.2 Å². The fraction of sp³-hybridized carbons (Fsp3) is 0.667. The van der Waals surface area contributed by atoms with Crippen LogP contribution in [0, 0.1) is 0 Å². The van der Waals surface area contributed by atoms with E-state index in [0.717, 1.165) is 45.8 Å². The molecule has 0 spiro atoms. The van der Waals surface area contributed by atoms with Crippen LogP contribution in [0.3, 0.4) is 0 Å². The van der Waals surface area contributed by atoms with Gasteiger partial charge in [0.05, 0.1) is 11.8 Å². The van der Waals surface area contributed by atoms with Gasteiger partial charge in [0.15, 0.2) is 0 Å². The smallest absolute Gasteiger partial charge is 0.266 e. The maximum atomic E-state index is 12.5. The largest absolute Gasteiger partial charge is 0.397 e. The minimum absolute atomic E-state index is 0.0847. The van der Waals surface area contributed by atoms with Gasteiger partial charge in [-0.2, -0.15) is 0 Å². The lowest BCUT2D eigenvalue weighted by molar-refractivity contribution is 0.0707. The monoisotopic (exact) mass is 309 g/mol. The molecule has 1 atom stereocenters. The van der Waals surface area contributed by atoms with Crippen molar-refractivity contribution < 1.29 is 9.53 Å². The van der Waals surface area contributed by atoms with Gasteiger partial charge >= 0.3 is 0 Å². The van der Waals surface area contributed by atoms with Crippen molar-refractivity contribution >= 4 is 22.9 Å². The molecule has 1 aromatic rings. The van der Waals surface area contributed by atoms with Crippen molar-refractivity contribution in [2.75, 3.05) is 45.1 Å². The summed E-state index contributed by atoms with van der Waals surface area (Å²) in [6.07, 6.45) is 3.76. The molecule has 3 rings (SSSR count). The van der Waals surface area contributed by atoms with Crippen LogP contribution in [0.1, 0.15) is 28.9 Å². The number of hydrogen-bond acceptors (Lipinski definition) is 5. The third kappa shape index (κ3) is 3.56. The summed E-state index contributed by atoms with van der Waals surface area (Å²) in [6.45, 7) is 5.48. The number of rotatable bonds is 3. The molecule has 2 N–H and O–H groups in total. The lowest BCUT2D eigenvalue weighted by atomic mass is 10.2. The molecule has 21 heavy (non-hydrogen) atoms. The topological polar surface area (TPSA) is 58.8 Å². The van der Waals surface area contributed by atoms with Crippen LogP contribution in [0.5, 0.6) is 0 Å². The normalized spacial score (nSPS) is 24.2. The quantitative estimate of drug-likeness (QED) is 0.922. The van der Waals surface area contributed by atoms with Crippen LogP contribution in [0.25, 0.3) is 0 Å². The highest BCUT2D eigenvalue weighted by molar-refractivity contribution is 7.12. The Morgan fingerprint density at radius 1 is 1.33 bits per heavy atom. The number of hydrogen-bond donors (Lipinski definition) is 1. The molecule has 0 radical (unpaired) electrons. The Morgan fingerprint density at radius 3 is 2.95 bits per heavy atom. The minimum Gasteiger partial charge on any atom is -0.397 e. The van der Waals surface area contributed by atoms with Crippen LogP contribution in [0.2, 0.25) is 0 Å². The summed E-state index contributed by atoms with van der Waals surface area (Å²) in [5.74, 6) is 0.0847. The summed E-state index contributed by atoms with van der Waals surface area (Å²) in [7, 11) is 0. The van der Waals surface area contributed by atoms with Crippen molar-refractivity contribution in [2.45, 2.75) is 25.4 Å². The molecule has 3 heterocycles. The van der Waals surface area contributed by atoms with Crippen molar-refractivity contribution in [1.29, 1.82) is 0 Å². The third-order valence-electron chi connectivity index (χ3n) is 4.25. The van der Waals surface area contributed by atoms with Gasteiger partial charge in [0.1, 0.15) is 4.88 Å². The lowest BCUT2D eigenvalue weighted by Gasteiger charge is -2.24. The Balaban J connectivity index is 1.55. The van der Waals surface area contributed by atoms with Gasteiger partial charge in [0.25, 0.3) is 5.91 Å². The third-order valence-corrected chi connectivity index (χ3v) is 5.17. The second kappa shape index (κ2) is 6.77. The molecule has 1 amide bonds. The van der Waals surface area contributed by atoms with Crippen LogP contribution in [0.15, 0.2) is 11.4 Å². The second-order valence-corrected chi connectivity index (χ2v) is 6.70. The number of nitrogens with zero attached hydrogens (tertiary/aromatic N) is 2. The second-order valence-electron chi connectivity index (χ2n) is 5.79.